The molecule has 1 aromatic carbocycles. The first kappa shape index (κ1) is 15.0. The van der Waals surface area contributed by atoms with Gasteiger partial charge in [-0.05, 0) is 36.0 Å². The number of hydrogen-bond donors (Lipinski definition) is 1. The molecule has 0 aliphatic rings. The van der Waals surface area contributed by atoms with Gasteiger partial charge in [0.25, 0.3) is 5.91 Å². The van der Waals surface area contributed by atoms with Crippen LogP contribution in [0.25, 0.3) is 0 Å². The van der Waals surface area contributed by atoms with E-state index in [9.17, 15) is 4.79 Å². The number of halogens is 1. The summed E-state index contributed by atoms with van der Waals surface area (Å²) >= 11 is 5.87. The number of amides is 1. The Bertz CT molecular complexity index is 393. The van der Waals surface area contributed by atoms with Crippen LogP contribution in [-0.2, 0) is 0 Å². The Morgan fingerprint density at radius 1 is 1.22 bits per heavy atom. The Morgan fingerprint density at radius 3 is 2.33 bits per heavy atom. The summed E-state index contributed by atoms with van der Waals surface area (Å²) in [4.78, 5) is 12.0. The number of carbonyl (C=O) groups excluding carboxylic acids is 1. The Labute approximate surface area is 115 Å². The van der Waals surface area contributed by atoms with Crippen molar-refractivity contribution in [1.29, 1.82) is 0 Å². The molecule has 1 N–H and O–H groups in total. The molecule has 0 aromatic heterocycles. The van der Waals surface area contributed by atoms with E-state index in [1.54, 1.807) is 24.3 Å². The van der Waals surface area contributed by atoms with E-state index in [4.69, 9.17) is 11.6 Å². The van der Waals surface area contributed by atoms with Gasteiger partial charge in [0.1, 0.15) is 0 Å². The van der Waals surface area contributed by atoms with Gasteiger partial charge in [-0.15, -0.1) is 0 Å². The van der Waals surface area contributed by atoms with Gasteiger partial charge < -0.3 is 5.32 Å². The fraction of sp³-hybridized carbons (Fsp3) is 0.533. The maximum atomic E-state index is 12.0. The highest BCUT2D eigenvalue weighted by Gasteiger charge is 2.18. The second-order valence-electron chi connectivity index (χ2n) is 5.37. The van der Waals surface area contributed by atoms with Crippen LogP contribution in [-0.4, -0.2) is 12.5 Å². The highest BCUT2D eigenvalue weighted by Crippen LogP contribution is 2.19. The van der Waals surface area contributed by atoms with E-state index < -0.39 is 0 Å². The van der Waals surface area contributed by atoms with Gasteiger partial charge in [0.05, 0.1) is 0 Å². The number of hydrogen-bond acceptors (Lipinski definition) is 1. The van der Waals surface area contributed by atoms with Crippen LogP contribution in [0.3, 0.4) is 0 Å². The van der Waals surface area contributed by atoms with E-state index >= 15 is 0 Å². The number of carbonyl (C=O) groups is 1. The summed E-state index contributed by atoms with van der Waals surface area (Å²) in [5.74, 6) is 1.56. The molecule has 0 bridgehead atoms. The van der Waals surface area contributed by atoms with Crippen LogP contribution in [0.2, 0.25) is 5.02 Å². The van der Waals surface area contributed by atoms with Crippen molar-refractivity contribution in [1.82, 2.24) is 5.32 Å². The highest BCUT2D eigenvalue weighted by molar-refractivity contribution is 6.30. The molecular weight excluding hydrogens is 246 g/mol. The second kappa shape index (κ2) is 6.79. The lowest BCUT2D eigenvalue weighted by atomic mass is 9.85. The minimum Gasteiger partial charge on any atom is -0.352 e. The summed E-state index contributed by atoms with van der Waals surface area (Å²) in [7, 11) is 0. The SMILES string of the molecule is CC(C)C(CNC(=O)c1cccc(Cl)c1)C(C)C. The monoisotopic (exact) mass is 267 g/mol. The maximum absolute atomic E-state index is 12.0. The fourth-order valence-electron chi connectivity index (χ4n) is 2.18. The van der Waals surface area contributed by atoms with Crippen molar-refractivity contribution in [2.24, 2.45) is 17.8 Å². The predicted molar refractivity (Wildman–Crippen MR) is 77.0 cm³/mol. The quantitative estimate of drug-likeness (QED) is 0.858. The van der Waals surface area contributed by atoms with Crippen molar-refractivity contribution in [2.75, 3.05) is 6.54 Å². The number of rotatable bonds is 5. The van der Waals surface area contributed by atoms with E-state index in [2.05, 4.69) is 33.0 Å². The number of nitrogens with one attached hydrogen (secondary N) is 1. The Hall–Kier alpha value is -1.02. The molecule has 0 aliphatic heterocycles. The first-order chi connectivity index (χ1) is 8.41. The molecule has 0 heterocycles. The minimum atomic E-state index is -0.0520. The summed E-state index contributed by atoms with van der Waals surface area (Å²) in [5, 5.41) is 3.58. The van der Waals surface area contributed by atoms with E-state index in [0.717, 1.165) is 0 Å². The van der Waals surface area contributed by atoms with Crippen molar-refractivity contribution in [3.63, 3.8) is 0 Å². The molecule has 0 fully saturated rings. The molecule has 0 saturated carbocycles. The summed E-state index contributed by atoms with van der Waals surface area (Å²) in [6.45, 7) is 9.47. The largest absolute Gasteiger partial charge is 0.352 e. The molecule has 18 heavy (non-hydrogen) atoms. The lowest BCUT2D eigenvalue weighted by Crippen LogP contribution is -2.33. The normalized spacial score (nSPS) is 11.3. The van der Waals surface area contributed by atoms with Gasteiger partial charge in [-0.25, -0.2) is 0 Å². The van der Waals surface area contributed by atoms with E-state index in [1.165, 1.54) is 0 Å². The maximum Gasteiger partial charge on any atom is 0.251 e. The molecule has 0 unspecified atom stereocenters. The van der Waals surface area contributed by atoms with Crippen LogP contribution in [0.15, 0.2) is 24.3 Å². The van der Waals surface area contributed by atoms with Gasteiger partial charge in [0.15, 0.2) is 0 Å². The first-order valence-corrected chi connectivity index (χ1v) is 6.83. The average Bonchev–Trinajstić information content (AvgIpc) is 2.28. The van der Waals surface area contributed by atoms with Crippen LogP contribution in [0, 0.1) is 17.8 Å². The molecule has 0 radical (unpaired) electrons. The fourth-order valence-corrected chi connectivity index (χ4v) is 2.37. The summed E-state index contributed by atoms with van der Waals surface area (Å²) in [6.07, 6.45) is 0. The molecular formula is C15H22ClNO. The molecule has 1 aromatic rings. The zero-order valence-electron chi connectivity index (χ0n) is 11.5. The molecule has 0 atom stereocenters. The third kappa shape index (κ3) is 4.34. The lowest BCUT2D eigenvalue weighted by molar-refractivity contribution is 0.0937. The third-order valence-corrected chi connectivity index (χ3v) is 3.53. The molecule has 1 rings (SSSR count). The van der Waals surface area contributed by atoms with E-state index in [1.807, 2.05) is 0 Å². The predicted octanol–water partition coefficient (Wildman–Crippen LogP) is 4.00. The van der Waals surface area contributed by atoms with Crippen molar-refractivity contribution >= 4 is 17.5 Å². The van der Waals surface area contributed by atoms with Gasteiger partial charge in [0, 0.05) is 17.1 Å². The average molecular weight is 268 g/mol. The van der Waals surface area contributed by atoms with Crippen LogP contribution in [0.4, 0.5) is 0 Å². The van der Waals surface area contributed by atoms with Gasteiger partial charge in [-0.1, -0.05) is 45.4 Å². The zero-order chi connectivity index (χ0) is 13.7. The lowest BCUT2D eigenvalue weighted by Gasteiger charge is -2.25. The highest BCUT2D eigenvalue weighted by atomic mass is 35.5. The Balaban J connectivity index is 2.60. The second-order valence-corrected chi connectivity index (χ2v) is 5.81. The van der Waals surface area contributed by atoms with Crippen LogP contribution >= 0.6 is 11.6 Å². The molecule has 0 saturated heterocycles. The van der Waals surface area contributed by atoms with Crippen molar-refractivity contribution < 1.29 is 4.79 Å². The molecule has 1 amide bonds. The molecule has 2 nitrogen and oxygen atoms in total. The van der Waals surface area contributed by atoms with Gasteiger partial charge in [-0.3, -0.25) is 4.79 Å². The Kier molecular flexibility index (Phi) is 5.67. The van der Waals surface area contributed by atoms with E-state index in [-0.39, 0.29) is 5.91 Å². The van der Waals surface area contributed by atoms with Gasteiger partial charge in [-0.2, -0.15) is 0 Å². The van der Waals surface area contributed by atoms with E-state index in [0.29, 0.717) is 34.9 Å². The zero-order valence-corrected chi connectivity index (χ0v) is 12.3. The van der Waals surface area contributed by atoms with Gasteiger partial charge >= 0.3 is 0 Å². The summed E-state index contributed by atoms with van der Waals surface area (Å²) < 4.78 is 0. The van der Waals surface area contributed by atoms with Crippen molar-refractivity contribution in [2.45, 2.75) is 27.7 Å². The van der Waals surface area contributed by atoms with Gasteiger partial charge in [0.2, 0.25) is 0 Å². The van der Waals surface area contributed by atoms with Crippen LogP contribution < -0.4 is 5.32 Å². The first-order valence-electron chi connectivity index (χ1n) is 6.45. The number of benzene rings is 1. The molecule has 0 spiro atoms. The Morgan fingerprint density at radius 2 is 1.83 bits per heavy atom. The van der Waals surface area contributed by atoms with Crippen molar-refractivity contribution in [3.05, 3.63) is 34.9 Å². The standard InChI is InChI=1S/C15H22ClNO/c1-10(2)14(11(3)4)9-17-15(18)12-6-5-7-13(16)8-12/h5-8,10-11,14H,9H2,1-4H3,(H,17,18). The van der Waals surface area contributed by atoms with Crippen LogP contribution in [0.1, 0.15) is 38.1 Å². The molecule has 100 valence electrons. The molecule has 3 heteroatoms. The van der Waals surface area contributed by atoms with Crippen LogP contribution in [0.5, 0.6) is 0 Å². The van der Waals surface area contributed by atoms with Crippen molar-refractivity contribution in [3.8, 4) is 0 Å². The topological polar surface area (TPSA) is 29.1 Å². The smallest absolute Gasteiger partial charge is 0.251 e. The third-order valence-electron chi connectivity index (χ3n) is 3.30. The summed E-state index contributed by atoms with van der Waals surface area (Å²) in [6, 6.07) is 7.03. The molecule has 0 aliphatic carbocycles. The summed E-state index contributed by atoms with van der Waals surface area (Å²) in [5.41, 5.74) is 0.619. The minimum absolute atomic E-state index is 0.0520.